The molecule has 0 unspecified atom stereocenters. The molecule has 0 fully saturated rings. The van der Waals surface area contributed by atoms with Crippen LogP contribution in [0, 0.1) is 0 Å². The van der Waals surface area contributed by atoms with Crippen LogP contribution < -0.4 is 0 Å². The highest BCUT2D eigenvalue weighted by molar-refractivity contribution is 8.16. The van der Waals surface area contributed by atoms with Crippen LogP contribution in [0.1, 0.15) is 61.3 Å². The Bertz CT molecular complexity index is 199. The fourth-order valence-corrected chi connectivity index (χ4v) is 6.56. The maximum atomic E-state index is 6.05. The Morgan fingerprint density at radius 1 is 0.929 bits per heavy atom. The van der Waals surface area contributed by atoms with Gasteiger partial charge in [0.25, 0.3) is 0 Å². The highest BCUT2D eigenvalue weighted by Crippen LogP contribution is 2.67. The predicted molar refractivity (Wildman–Crippen MR) is 73.6 cm³/mol. The maximum Gasteiger partial charge on any atom is -0.00844 e. The summed E-state index contributed by atoms with van der Waals surface area (Å²) >= 11 is 6.05. The van der Waals surface area contributed by atoms with E-state index < -0.39 is 6.04 Å². The van der Waals surface area contributed by atoms with Crippen molar-refractivity contribution in [3.63, 3.8) is 0 Å². The van der Waals surface area contributed by atoms with Crippen molar-refractivity contribution < 1.29 is 0 Å². The minimum absolute atomic E-state index is 0.315. The Balaban J connectivity index is 4.99. The molecule has 0 N–H and O–H groups in total. The SMILES string of the molecule is CCCCP(=S)(C(C)(C)C)C(C)(C)C. The predicted octanol–water partition coefficient (Wildman–Crippen LogP) is 4.86. The molecule has 0 nitrogen and oxygen atoms in total. The average Bonchev–Trinajstić information content (AvgIpc) is 1.95. The van der Waals surface area contributed by atoms with Gasteiger partial charge >= 0.3 is 0 Å². The highest BCUT2D eigenvalue weighted by Gasteiger charge is 2.40. The Hall–Kier alpha value is 0.650. The van der Waals surface area contributed by atoms with Crippen LogP contribution in [-0.2, 0) is 11.8 Å². The van der Waals surface area contributed by atoms with Gasteiger partial charge in [-0.3, -0.25) is 0 Å². The monoisotopic (exact) mass is 234 g/mol. The molecular formula is C12H27PS. The topological polar surface area (TPSA) is 0 Å². The first kappa shape index (κ1) is 14.6. The van der Waals surface area contributed by atoms with E-state index in [1.54, 1.807) is 0 Å². The molecule has 0 aromatic heterocycles. The summed E-state index contributed by atoms with van der Waals surface area (Å²) in [6.45, 7) is 16.2. The fourth-order valence-electron chi connectivity index (χ4n) is 2.06. The van der Waals surface area contributed by atoms with Crippen molar-refractivity contribution in [2.24, 2.45) is 0 Å². The third-order valence-corrected chi connectivity index (χ3v) is 12.1. The molecule has 0 amide bonds. The normalized spacial score (nSPS) is 14.5. The van der Waals surface area contributed by atoms with Crippen LogP contribution in [0.5, 0.6) is 0 Å². The van der Waals surface area contributed by atoms with E-state index in [1.165, 1.54) is 19.0 Å². The zero-order valence-electron chi connectivity index (χ0n) is 11.0. The molecule has 0 saturated carbocycles. The Kier molecular flexibility index (Phi) is 4.88. The number of hydrogen-bond acceptors (Lipinski definition) is 1. The second kappa shape index (κ2) is 4.66. The van der Waals surface area contributed by atoms with Crippen molar-refractivity contribution in [2.75, 3.05) is 6.16 Å². The lowest BCUT2D eigenvalue weighted by Crippen LogP contribution is -2.30. The summed E-state index contributed by atoms with van der Waals surface area (Å²) < 4.78 is 0. The van der Waals surface area contributed by atoms with E-state index in [0.29, 0.717) is 10.3 Å². The van der Waals surface area contributed by atoms with E-state index in [0.717, 1.165) is 0 Å². The van der Waals surface area contributed by atoms with Crippen LogP contribution in [-0.4, -0.2) is 16.5 Å². The molecule has 2 heteroatoms. The largest absolute Gasteiger partial charge is 0.0964 e. The lowest BCUT2D eigenvalue weighted by atomic mass is 10.2. The quantitative estimate of drug-likeness (QED) is 0.628. The van der Waals surface area contributed by atoms with Gasteiger partial charge in [-0.1, -0.05) is 66.7 Å². The molecule has 0 aromatic rings. The van der Waals surface area contributed by atoms with Crippen molar-refractivity contribution in [1.82, 2.24) is 0 Å². The third kappa shape index (κ3) is 3.07. The van der Waals surface area contributed by atoms with E-state index in [-0.39, 0.29) is 0 Å². The van der Waals surface area contributed by atoms with Gasteiger partial charge < -0.3 is 0 Å². The van der Waals surface area contributed by atoms with Crippen molar-refractivity contribution in [3.8, 4) is 0 Å². The van der Waals surface area contributed by atoms with E-state index in [9.17, 15) is 0 Å². The van der Waals surface area contributed by atoms with Gasteiger partial charge in [0.05, 0.1) is 0 Å². The first-order valence-corrected chi connectivity index (χ1v) is 8.64. The van der Waals surface area contributed by atoms with Crippen LogP contribution in [0.4, 0.5) is 0 Å². The first-order valence-electron chi connectivity index (χ1n) is 5.65. The average molecular weight is 234 g/mol. The summed E-state index contributed by atoms with van der Waals surface area (Å²) in [4.78, 5) is 0. The molecule has 0 aromatic carbocycles. The second-order valence-electron chi connectivity index (χ2n) is 6.16. The van der Waals surface area contributed by atoms with Gasteiger partial charge in [-0.05, 0) is 28.9 Å². The lowest BCUT2D eigenvalue weighted by Gasteiger charge is -2.45. The minimum Gasteiger partial charge on any atom is -0.0964 e. The van der Waals surface area contributed by atoms with Gasteiger partial charge in [0.2, 0.25) is 0 Å². The van der Waals surface area contributed by atoms with Gasteiger partial charge in [-0.15, -0.1) is 0 Å². The Morgan fingerprint density at radius 2 is 1.29 bits per heavy atom. The summed E-state index contributed by atoms with van der Waals surface area (Å²) in [5.41, 5.74) is 0. The maximum absolute atomic E-state index is 6.05. The molecule has 86 valence electrons. The van der Waals surface area contributed by atoms with Crippen molar-refractivity contribution in [1.29, 1.82) is 0 Å². The summed E-state index contributed by atoms with van der Waals surface area (Å²) in [5, 5.41) is 0.630. The number of rotatable bonds is 3. The molecule has 0 radical (unpaired) electrons. The summed E-state index contributed by atoms with van der Waals surface area (Å²) in [6, 6.07) is -1.27. The molecular weight excluding hydrogens is 207 g/mol. The first-order chi connectivity index (χ1) is 6.06. The van der Waals surface area contributed by atoms with Gasteiger partial charge in [-0.25, -0.2) is 0 Å². The lowest BCUT2D eigenvalue weighted by molar-refractivity contribution is 0.693. The minimum atomic E-state index is -1.27. The molecule has 0 bridgehead atoms. The zero-order valence-corrected chi connectivity index (χ0v) is 12.7. The van der Waals surface area contributed by atoms with Gasteiger partial charge in [-0.2, -0.15) is 0 Å². The molecule has 0 heterocycles. The third-order valence-electron chi connectivity index (χ3n) is 2.99. The van der Waals surface area contributed by atoms with Gasteiger partial charge in [0, 0.05) is 0 Å². The molecule has 0 saturated heterocycles. The molecule has 0 aliphatic carbocycles. The van der Waals surface area contributed by atoms with Crippen molar-refractivity contribution in [2.45, 2.75) is 71.6 Å². The number of hydrogen-bond donors (Lipinski definition) is 0. The van der Waals surface area contributed by atoms with Crippen LogP contribution in [0.3, 0.4) is 0 Å². The van der Waals surface area contributed by atoms with Gasteiger partial charge in [0.15, 0.2) is 0 Å². The van der Waals surface area contributed by atoms with Crippen LogP contribution in [0.25, 0.3) is 0 Å². The summed E-state index contributed by atoms with van der Waals surface area (Å²) in [7, 11) is 0. The van der Waals surface area contributed by atoms with E-state index >= 15 is 0 Å². The highest BCUT2D eigenvalue weighted by atomic mass is 32.4. The molecule has 0 rings (SSSR count). The van der Waals surface area contributed by atoms with Crippen LogP contribution >= 0.6 is 6.04 Å². The van der Waals surface area contributed by atoms with E-state index in [4.69, 9.17) is 11.8 Å². The molecule has 0 spiro atoms. The zero-order chi connectivity index (χ0) is 11.6. The Morgan fingerprint density at radius 3 is 1.50 bits per heavy atom. The van der Waals surface area contributed by atoms with E-state index in [1.807, 2.05) is 0 Å². The summed E-state index contributed by atoms with van der Waals surface area (Å²) in [6.07, 6.45) is 3.84. The Labute approximate surface area is 95.9 Å². The van der Waals surface area contributed by atoms with Crippen molar-refractivity contribution >= 4 is 17.8 Å². The molecule has 14 heavy (non-hydrogen) atoms. The van der Waals surface area contributed by atoms with Crippen molar-refractivity contribution in [3.05, 3.63) is 0 Å². The number of unbranched alkanes of at least 4 members (excludes halogenated alkanes) is 1. The smallest absolute Gasteiger partial charge is 0.00844 e. The second-order valence-corrected chi connectivity index (χ2v) is 12.6. The molecule has 0 atom stereocenters. The van der Waals surface area contributed by atoms with Gasteiger partial charge in [0.1, 0.15) is 0 Å². The standard InChI is InChI=1S/C12H27PS/c1-8-9-10-13(14,11(2,3)4)12(5,6)7/h8-10H2,1-7H3. The van der Waals surface area contributed by atoms with Crippen LogP contribution in [0.15, 0.2) is 0 Å². The van der Waals surface area contributed by atoms with E-state index in [2.05, 4.69) is 48.5 Å². The molecule has 0 aliphatic heterocycles. The fraction of sp³-hybridized carbons (Fsp3) is 1.00. The van der Waals surface area contributed by atoms with Crippen LogP contribution in [0.2, 0.25) is 0 Å². The summed E-state index contributed by atoms with van der Waals surface area (Å²) in [5.74, 6) is 0. The molecule has 0 aliphatic rings.